The number of rotatable bonds is 6. The molecule has 0 radical (unpaired) electrons. The maximum atomic E-state index is 5.81. The number of nitrogens with one attached hydrogen (secondary N) is 2. The van der Waals surface area contributed by atoms with Crippen LogP contribution in [0.2, 0.25) is 0 Å². The fourth-order valence-corrected chi connectivity index (χ4v) is 4.96. The van der Waals surface area contributed by atoms with E-state index < -0.39 is 0 Å². The average Bonchev–Trinajstić information content (AvgIpc) is 2.44. The topological polar surface area (TPSA) is 36.5 Å². The third-order valence-corrected chi connectivity index (χ3v) is 6.33. The van der Waals surface area contributed by atoms with Crippen LogP contribution in [0.15, 0.2) is 24.5 Å². The molecule has 0 aromatic carbocycles. The van der Waals surface area contributed by atoms with E-state index in [0.29, 0.717) is 0 Å². The Balaban J connectivity index is 2.57. The molecular formula is C16H30IN3O. The summed E-state index contributed by atoms with van der Waals surface area (Å²) in [5, 5.41) is 7.04. The molecule has 0 fully saturated rings. The Bertz CT molecular complexity index is 382. The lowest BCUT2D eigenvalue weighted by Crippen LogP contribution is -2.41. The number of halogens is 1. The normalized spacial score (nSPS) is 22.2. The highest BCUT2D eigenvalue weighted by Crippen LogP contribution is 2.18. The molecule has 0 saturated heterocycles. The van der Waals surface area contributed by atoms with Gasteiger partial charge in [0.05, 0.1) is 9.86 Å². The Morgan fingerprint density at radius 3 is 2.81 bits per heavy atom. The molecule has 1 aliphatic rings. The SMILES string of the molecule is C=C1CN(C)C(NCCNCCC)=ICCC(C)OC1=C. The molecule has 0 aliphatic carbocycles. The van der Waals surface area contributed by atoms with Crippen LogP contribution in [-0.4, -0.2) is 52.4 Å². The molecule has 4 nitrogen and oxygen atoms in total. The van der Waals surface area contributed by atoms with Gasteiger partial charge in [0.2, 0.25) is 0 Å². The Kier molecular flexibility index (Phi) is 9.39. The summed E-state index contributed by atoms with van der Waals surface area (Å²) in [4.78, 5) is 2.28. The van der Waals surface area contributed by atoms with E-state index in [1.54, 1.807) is 0 Å². The Hall–Kier alpha value is -0.240. The van der Waals surface area contributed by atoms with Crippen LogP contribution < -0.4 is 10.6 Å². The molecule has 0 aromatic rings. The van der Waals surface area contributed by atoms with Gasteiger partial charge < -0.3 is 10.1 Å². The zero-order valence-electron chi connectivity index (χ0n) is 13.7. The molecule has 0 amide bonds. The molecule has 1 rings (SSSR count). The molecule has 0 bridgehead atoms. The third-order valence-electron chi connectivity index (χ3n) is 3.24. The standard InChI is InChI=1S/C16H30IN3O/c1-6-9-18-10-11-19-16-17-8-7-14(3)21-15(4)13(2)12-20(16)5/h14,18-19H,2,4,6-12H2,1,3,5H3. The van der Waals surface area contributed by atoms with Gasteiger partial charge in [0.25, 0.3) is 0 Å². The first-order valence-electron chi connectivity index (χ1n) is 7.70. The van der Waals surface area contributed by atoms with E-state index in [4.69, 9.17) is 4.74 Å². The van der Waals surface area contributed by atoms with Crippen LogP contribution in [0.3, 0.4) is 0 Å². The van der Waals surface area contributed by atoms with Crippen molar-refractivity contribution >= 4 is 24.5 Å². The summed E-state index contributed by atoms with van der Waals surface area (Å²) in [7, 11) is 2.13. The van der Waals surface area contributed by atoms with Gasteiger partial charge in [0.1, 0.15) is 5.76 Å². The van der Waals surface area contributed by atoms with Crippen molar-refractivity contribution in [2.24, 2.45) is 0 Å². The minimum Gasteiger partial charge on any atom is -0.491 e. The molecule has 0 saturated carbocycles. The monoisotopic (exact) mass is 407 g/mol. The van der Waals surface area contributed by atoms with Gasteiger partial charge in [-0.2, -0.15) is 0 Å². The number of nitrogens with zero attached hydrogens (tertiary/aromatic N) is 1. The number of alkyl halides is 1. The molecule has 1 heterocycles. The number of likely N-dealkylation sites (N-methyl/N-ethyl adjacent to an activating group) is 1. The van der Waals surface area contributed by atoms with Crippen molar-refractivity contribution in [2.45, 2.75) is 32.8 Å². The highest BCUT2D eigenvalue weighted by atomic mass is 127. The van der Waals surface area contributed by atoms with E-state index in [2.05, 4.69) is 49.6 Å². The second kappa shape index (κ2) is 10.5. The molecule has 0 spiro atoms. The van der Waals surface area contributed by atoms with Crippen LogP contribution in [0, 0.1) is 0 Å². The Labute approximate surface area is 139 Å². The number of ether oxygens (including phenoxy) is 1. The maximum absolute atomic E-state index is 5.81. The van der Waals surface area contributed by atoms with Crippen LogP contribution in [0.1, 0.15) is 26.7 Å². The van der Waals surface area contributed by atoms with Gasteiger partial charge >= 0.3 is 0 Å². The van der Waals surface area contributed by atoms with Gasteiger partial charge in [0, 0.05) is 29.6 Å². The number of hydrogen-bond acceptors (Lipinski definition) is 4. The zero-order chi connectivity index (χ0) is 15.7. The van der Waals surface area contributed by atoms with Crippen LogP contribution >= 0.6 is 20.7 Å². The van der Waals surface area contributed by atoms with Crippen molar-refractivity contribution in [3.05, 3.63) is 24.5 Å². The van der Waals surface area contributed by atoms with Gasteiger partial charge in [-0.1, -0.05) is 40.8 Å². The van der Waals surface area contributed by atoms with E-state index in [0.717, 1.165) is 43.9 Å². The summed E-state index contributed by atoms with van der Waals surface area (Å²) in [6.45, 7) is 16.3. The minimum atomic E-state index is -0.000692. The summed E-state index contributed by atoms with van der Waals surface area (Å²) in [6, 6.07) is 0. The molecular weight excluding hydrogens is 377 g/mol. The lowest BCUT2D eigenvalue weighted by molar-refractivity contribution is 0.136. The largest absolute Gasteiger partial charge is 0.491 e. The lowest BCUT2D eigenvalue weighted by Gasteiger charge is -2.26. The van der Waals surface area contributed by atoms with E-state index >= 15 is 0 Å². The first kappa shape index (κ1) is 18.8. The van der Waals surface area contributed by atoms with Gasteiger partial charge in [0.15, 0.2) is 0 Å². The first-order valence-corrected chi connectivity index (χ1v) is 10.3. The van der Waals surface area contributed by atoms with Gasteiger partial charge in [-0.3, -0.25) is 10.2 Å². The van der Waals surface area contributed by atoms with Crippen molar-refractivity contribution in [1.29, 1.82) is 0 Å². The molecule has 122 valence electrons. The second-order valence-corrected chi connectivity index (χ2v) is 8.25. The first-order chi connectivity index (χ1) is 10.0. The predicted molar refractivity (Wildman–Crippen MR) is 101 cm³/mol. The highest BCUT2D eigenvalue weighted by Gasteiger charge is 2.14. The molecule has 5 heteroatoms. The zero-order valence-corrected chi connectivity index (χ0v) is 15.8. The van der Waals surface area contributed by atoms with Crippen molar-refractivity contribution < 1.29 is 4.74 Å². The Morgan fingerprint density at radius 2 is 2.10 bits per heavy atom. The molecule has 1 aliphatic heterocycles. The van der Waals surface area contributed by atoms with Crippen molar-refractivity contribution in [3.63, 3.8) is 0 Å². The summed E-state index contributed by atoms with van der Waals surface area (Å²) < 4.78 is 8.43. The molecule has 0 aromatic heterocycles. The van der Waals surface area contributed by atoms with Gasteiger partial charge in [-0.25, -0.2) is 0 Å². The van der Waals surface area contributed by atoms with Crippen LogP contribution in [0.5, 0.6) is 0 Å². The third kappa shape index (κ3) is 7.54. The lowest BCUT2D eigenvalue weighted by atomic mass is 10.2. The highest BCUT2D eigenvalue weighted by molar-refractivity contribution is 14.2. The predicted octanol–water partition coefficient (Wildman–Crippen LogP) is 2.44. The molecule has 2 N–H and O–H groups in total. The molecule has 1 atom stereocenters. The second-order valence-electron chi connectivity index (χ2n) is 5.39. The summed E-state index contributed by atoms with van der Waals surface area (Å²) in [5.74, 6) is 0.735. The van der Waals surface area contributed by atoms with Crippen LogP contribution in [0.4, 0.5) is 0 Å². The summed E-state index contributed by atoms with van der Waals surface area (Å²) in [5.41, 5.74) is 0.971. The van der Waals surface area contributed by atoms with Crippen molar-refractivity contribution in [2.75, 3.05) is 37.7 Å². The number of hydrogen-bond donors (Lipinski definition) is 2. The summed E-state index contributed by atoms with van der Waals surface area (Å²) >= 11 is -0.000692. The van der Waals surface area contributed by atoms with Gasteiger partial charge in [-0.05, 0) is 33.4 Å². The fraction of sp³-hybridized carbons (Fsp3) is 0.688. The Morgan fingerprint density at radius 1 is 1.33 bits per heavy atom. The molecule has 21 heavy (non-hydrogen) atoms. The van der Waals surface area contributed by atoms with Crippen molar-refractivity contribution in [3.8, 4) is 0 Å². The maximum Gasteiger partial charge on any atom is 0.116 e. The van der Waals surface area contributed by atoms with E-state index in [1.165, 1.54) is 14.6 Å². The van der Waals surface area contributed by atoms with Crippen molar-refractivity contribution in [1.82, 2.24) is 15.5 Å². The quantitative estimate of drug-likeness (QED) is 0.403. The van der Waals surface area contributed by atoms with E-state index in [1.807, 2.05) is 0 Å². The fourth-order valence-electron chi connectivity index (χ4n) is 1.97. The molecule has 1 unspecified atom stereocenters. The van der Waals surface area contributed by atoms with Gasteiger partial charge in [-0.15, -0.1) is 0 Å². The van der Waals surface area contributed by atoms with Crippen LogP contribution in [-0.2, 0) is 4.74 Å². The average molecular weight is 407 g/mol. The summed E-state index contributed by atoms with van der Waals surface area (Å²) in [6.07, 6.45) is 2.51. The smallest absolute Gasteiger partial charge is 0.116 e. The van der Waals surface area contributed by atoms with Crippen LogP contribution in [0.25, 0.3) is 0 Å². The minimum absolute atomic E-state index is 0.000692. The van der Waals surface area contributed by atoms with E-state index in [9.17, 15) is 0 Å². The van der Waals surface area contributed by atoms with E-state index in [-0.39, 0.29) is 26.8 Å².